The lowest BCUT2D eigenvalue weighted by Crippen LogP contribution is -2.43. The third-order valence-corrected chi connectivity index (χ3v) is 4.08. The van der Waals surface area contributed by atoms with Gasteiger partial charge < -0.3 is 9.64 Å². The molecule has 1 aromatic rings. The molecular formula is C15H18F3N3O2. The van der Waals surface area contributed by atoms with Crippen LogP contribution >= 0.6 is 0 Å². The number of carbonyl (C=O) groups excluding carboxylic acids is 1. The molecule has 1 atom stereocenters. The molecule has 0 radical (unpaired) electrons. The molecule has 1 amide bonds. The molecule has 1 aromatic heterocycles. The number of hydrogen-bond acceptors (Lipinski definition) is 4. The Kier molecular flexibility index (Phi) is 4.52. The van der Waals surface area contributed by atoms with Crippen LogP contribution in [0.3, 0.4) is 0 Å². The first-order chi connectivity index (χ1) is 10.9. The van der Waals surface area contributed by atoms with Gasteiger partial charge in [0.2, 0.25) is 5.82 Å². The van der Waals surface area contributed by atoms with Crippen molar-refractivity contribution in [3.8, 4) is 0 Å². The average molecular weight is 329 g/mol. The van der Waals surface area contributed by atoms with E-state index in [2.05, 4.69) is 9.97 Å². The number of nitrogens with zero attached hydrogens (tertiary/aromatic N) is 3. The molecule has 1 unspecified atom stereocenters. The van der Waals surface area contributed by atoms with Crippen LogP contribution in [0.4, 0.5) is 13.2 Å². The normalized spacial score (nSPS) is 22.2. The fourth-order valence-electron chi connectivity index (χ4n) is 2.58. The molecule has 23 heavy (non-hydrogen) atoms. The van der Waals surface area contributed by atoms with Crippen LogP contribution in [-0.4, -0.2) is 46.6 Å². The van der Waals surface area contributed by atoms with Crippen LogP contribution in [-0.2, 0) is 10.9 Å². The number of amides is 1. The summed E-state index contributed by atoms with van der Waals surface area (Å²) in [4.78, 5) is 20.4. The van der Waals surface area contributed by atoms with Crippen LogP contribution in [0.25, 0.3) is 0 Å². The number of likely N-dealkylation sites (tertiary alicyclic amines) is 1. The number of rotatable bonds is 4. The Hall–Kier alpha value is -1.70. The number of halogens is 3. The van der Waals surface area contributed by atoms with E-state index in [0.717, 1.165) is 31.8 Å². The summed E-state index contributed by atoms with van der Waals surface area (Å²) >= 11 is 0. The zero-order valence-corrected chi connectivity index (χ0v) is 12.6. The summed E-state index contributed by atoms with van der Waals surface area (Å²) in [5, 5.41) is 0. The Balaban J connectivity index is 1.59. The topological polar surface area (TPSA) is 55.3 Å². The van der Waals surface area contributed by atoms with Gasteiger partial charge in [-0.2, -0.15) is 13.2 Å². The van der Waals surface area contributed by atoms with Crippen molar-refractivity contribution >= 4 is 5.91 Å². The highest BCUT2D eigenvalue weighted by Crippen LogP contribution is 2.30. The average Bonchev–Trinajstić information content (AvgIpc) is 3.36. The molecule has 0 aromatic carbocycles. The molecule has 2 heterocycles. The summed E-state index contributed by atoms with van der Waals surface area (Å²) in [5.41, 5.74) is 0.0702. The maximum Gasteiger partial charge on any atom is 0.451 e. The molecule has 8 heteroatoms. The van der Waals surface area contributed by atoms with Crippen LogP contribution < -0.4 is 0 Å². The summed E-state index contributed by atoms with van der Waals surface area (Å²) in [6.07, 6.45) is 1.41. The molecule has 1 aliphatic carbocycles. The smallest absolute Gasteiger partial charge is 0.376 e. The van der Waals surface area contributed by atoms with Gasteiger partial charge in [0.15, 0.2) is 0 Å². The molecule has 3 rings (SSSR count). The highest BCUT2D eigenvalue weighted by Gasteiger charge is 2.35. The highest BCUT2D eigenvalue weighted by molar-refractivity contribution is 5.93. The van der Waals surface area contributed by atoms with Crippen molar-refractivity contribution in [2.24, 2.45) is 5.92 Å². The molecule has 5 nitrogen and oxygen atoms in total. The van der Waals surface area contributed by atoms with E-state index < -0.39 is 12.0 Å². The Morgan fingerprint density at radius 3 is 2.57 bits per heavy atom. The third kappa shape index (κ3) is 4.19. The van der Waals surface area contributed by atoms with Gasteiger partial charge in [-0.3, -0.25) is 4.79 Å². The number of carbonyl (C=O) groups is 1. The fraction of sp³-hybridized carbons (Fsp3) is 0.667. The van der Waals surface area contributed by atoms with Gasteiger partial charge in [-0.1, -0.05) is 0 Å². The lowest BCUT2D eigenvalue weighted by atomic mass is 10.1. The van der Waals surface area contributed by atoms with Gasteiger partial charge in [0.25, 0.3) is 5.91 Å². The second-order valence-corrected chi connectivity index (χ2v) is 6.09. The van der Waals surface area contributed by atoms with Gasteiger partial charge in [-0.15, -0.1) is 0 Å². The van der Waals surface area contributed by atoms with Gasteiger partial charge in [-0.05, 0) is 31.6 Å². The summed E-state index contributed by atoms with van der Waals surface area (Å²) in [6, 6.07) is 0. The standard InChI is InChI=1S/C15H18F3N3O2/c16-15(17,18)14-19-6-11(7-20-14)13(22)21-5-1-2-12(8-21)23-9-10-3-4-10/h6-7,10,12H,1-5,8-9H2. The van der Waals surface area contributed by atoms with E-state index in [9.17, 15) is 18.0 Å². The van der Waals surface area contributed by atoms with Crippen LogP contribution in [0.15, 0.2) is 12.4 Å². The van der Waals surface area contributed by atoms with Crippen molar-refractivity contribution in [3.63, 3.8) is 0 Å². The maximum atomic E-state index is 12.4. The predicted octanol–water partition coefficient (Wildman–Crippen LogP) is 2.53. The summed E-state index contributed by atoms with van der Waals surface area (Å²) in [6.45, 7) is 1.77. The maximum absolute atomic E-state index is 12.4. The molecule has 0 N–H and O–H groups in total. The van der Waals surface area contributed by atoms with Crippen molar-refractivity contribution < 1.29 is 22.7 Å². The highest BCUT2D eigenvalue weighted by atomic mass is 19.4. The molecule has 0 spiro atoms. The largest absolute Gasteiger partial charge is 0.451 e. The Morgan fingerprint density at radius 1 is 1.26 bits per heavy atom. The first kappa shape index (κ1) is 16.2. The van der Waals surface area contributed by atoms with E-state index in [1.807, 2.05) is 0 Å². The predicted molar refractivity (Wildman–Crippen MR) is 74.6 cm³/mol. The van der Waals surface area contributed by atoms with Crippen LogP contribution in [0.1, 0.15) is 41.9 Å². The monoisotopic (exact) mass is 329 g/mol. The minimum absolute atomic E-state index is 0.00340. The van der Waals surface area contributed by atoms with Gasteiger partial charge in [-0.25, -0.2) is 9.97 Å². The van der Waals surface area contributed by atoms with Gasteiger partial charge in [0, 0.05) is 32.1 Å². The number of ether oxygens (including phenoxy) is 1. The molecule has 0 bridgehead atoms. The summed E-state index contributed by atoms with van der Waals surface area (Å²) in [5.74, 6) is -0.929. The molecule has 1 saturated heterocycles. The van der Waals surface area contributed by atoms with Crippen LogP contribution in [0.5, 0.6) is 0 Å². The lowest BCUT2D eigenvalue weighted by molar-refractivity contribution is -0.145. The fourth-order valence-corrected chi connectivity index (χ4v) is 2.58. The third-order valence-electron chi connectivity index (χ3n) is 4.08. The van der Waals surface area contributed by atoms with Gasteiger partial charge in [0.1, 0.15) is 0 Å². The molecule has 2 aliphatic rings. The summed E-state index contributed by atoms with van der Waals surface area (Å²) in [7, 11) is 0. The Labute approximate surface area is 131 Å². The van der Waals surface area contributed by atoms with E-state index in [1.54, 1.807) is 4.90 Å². The van der Waals surface area contributed by atoms with Crippen molar-refractivity contribution in [3.05, 3.63) is 23.8 Å². The first-order valence-corrected chi connectivity index (χ1v) is 7.73. The molecule has 126 valence electrons. The number of piperidine rings is 1. The van der Waals surface area contributed by atoms with Crippen molar-refractivity contribution in [2.45, 2.75) is 38.0 Å². The number of alkyl halides is 3. The quantitative estimate of drug-likeness (QED) is 0.852. The first-order valence-electron chi connectivity index (χ1n) is 7.73. The number of aromatic nitrogens is 2. The zero-order chi connectivity index (χ0) is 16.4. The molecule has 2 fully saturated rings. The van der Waals surface area contributed by atoms with Gasteiger partial charge >= 0.3 is 6.18 Å². The molecular weight excluding hydrogens is 311 g/mol. The Bertz CT molecular complexity index is 558. The number of hydrogen-bond donors (Lipinski definition) is 0. The van der Waals surface area contributed by atoms with E-state index >= 15 is 0 Å². The van der Waals surface area contributed by atoms with Crippen LogP contribution in [0.2, 0.25) is 0 Å². The summed E-state index contributed by atoms with van der Waals surface area (Å²) < 4.78 is 43.1. The van der Waals surface area contributed by atoms with E-state index in [0.29, 0.717) is 19.0 Å². The molecule has 1 saturated carbocycles. The minimum atomic E-state index is -4.60. The van der Waals surface area contributed by atoms with Crippen molar-refractivity contribution in [1.82, 2.24) is 14.9 Å². The van der Waals surface area contributed by atoms with E-state index in [4.69, 9.17) is 4.74 Å². The minimum Gasteiger partial charge on any atom is -0.376 e. The van der Waals surface area contributed by atoms with Crippen molar-refractivity contribution in [1.29, 1.82) is 0 Å². The molecule has 1 aliphatic heterocycles. The second-order valence-electron chi connectivity index (χ2n) is 6.09. The van der Waals surface area contributed by atoms with Crippen molar-refractivity contribution in [2.75, 3.05) is 19.7 Å². The van der Waals surface area contributed by atoms with E-state index in [1.165, 1.54) is 12.8 Å². The second kappa shape index (κ2) is 6.43. The lowest BCUT2D eigenvalue weighted by Gasteiger charge is -2.32. The van der Waals surface area contributed by atoms with E-state index in [-0.39, 0.29) is 17.6 Å². The SMILES string of the molecule is O=C(c1cnc(C(F)(F)F)nc1)N1CCCC(OCC2CC2)C1. The van der Waals surface area contributed by atoms with Crippen LogP contribution in [0, 0.1) is 5.92 Å². The van der Waals surface area contributed by atoms with Gasteiger partial charge in [0.05, 0.1) is 11.7 Å². The Morgan fingerprint density at radius 2 is 1.96 bits per heavy atom. The zero-order valence-electron chi connectivity index (χ0n) is 12.6.